The van der Waals surface area contributed by atoms with Crippen molar-refractivity contribution in [3.63, 3.8) is 0 Å². The molecule has 1 saturated heterocycles. The van der Waals surface area contributed by atoms with Gasteiger partial charge in [0.15, 0.2) is 0 Å². The van der Waals surface area contributed by atoms with Crippen LogP contribution in [-0.4, -0.2) is 31.1 Å². The van der Waals surface area contributed by atoms with Gasteiger partial charge in [-0.3, -0.25) is 0 Å². The van der Waals surface area contributed by atoms with Crippen molar-refractivity contribution in [2.45, 2.75) is 14.4 Å². The number of aromatic hydroxyl groups is 1. The van der Waals surface area contributed by atoms with E-state index in [1.54, 1.807) is 43.3 Å². The van der Waals surface area contributed by atoms with Gasteiger partial charge in [0.05, 0.1) is 0 Å². The van der Waals surface area contributed by atoms with Crippen molar-refractivity contribution in [2.75, 3.05) is 6.61 Å². The van der Waals surface area contributed by atoms with Crippen LogP contribution in [0.3, 0.4) is 0 Å². The number of hydrogen-bond acceptors (Lipinski definition) is 6. The van der Waals surface area contributed by atoms with Crippen molar-refractivity contribution >= 4 is 45.3 Å². The number of halogens is 2. The third kappa shape index (κ3) is 4.09. The molecule has 0 aliphatic carbocycles. The SMILES string of the molecule is CC(I)(C(=O)OCC(=O)Oc1ccc2cc(O)ccc2c1)C1N[I-]1. The number of ether oxygens (including phenoxy) is 2. The molecule has 2 unspecified atom stereocenters. The number of rotatable bonds is 5. The zero-order valence-electron chi connectivity index (χ0n) is 12.6. The van der Waals surface area contributed by atoms with E-state index in [1.807, 2.05) is 0 Å². The Morgan fingerprint density at radius 1 is 1.29 bits per heavy atom. The van der Waals surface area contributed by atoms with E-state index in [9.17, 15) is 14.7 Å². The summed E-state index contributed by atoms with van der Waals surface area (Å²) in [7, 11) is 0. The van der Waals surface area contributed by atoms with Gasteiger partial charge >= 0.3 is 153 Å². The van der Waals surface area contributed by atoms with Gasteiger partial charge in [-0.25, -0.2) is 0 Å². The third-order valence-electron chi connectivity index (χ3n) is 3.44. The van der Waals surface area contributed by atoms with Crippen molar-refractivity contribution in [3.8, 4) is 11.5 Å². The van der Waals surface area contributed by atoms with E-state index in [2.05, 4.69) is 26.1 Å². The Hall–Kier alpha value is -1.14. The van der Waals surface area contributed by atoms with Gasteiger partial charge in [-0.2, -0.15) is 0 Å². The van der Waals surface area contributed by atoms with E-state index in [4.69, 9.17) is 9.47 Å². The first-order valence-corrected chi connectivity index (χ1v) is 10.4. The van der Waals surface area contributed by atoms with Crippen LogP contribution in [0.25, 0.3) is 10.8 Å². The number of carbonyl (C=O) groups is 2. The van der Waals surface area contributed by atoms with Crippen molar-refractivity contribution < 1.29 is 45.6 Å². The number of fused-ring (bicyclic) bond motifs is 1. The molecule has 1 aliphatic heterocycles. The number of benzene rings is 2. The van der Waals surface area contributed by atoms with Crippen LogP contribution >= 0.6 is 22.6 Å². The Labute approximate surface area is 162 Å². The summed E-state index contributed by atoms with van der Waals surface area (Å²) < 4.78 is 13.0. The van der Waals surface area contributed by atoms with Crippen molar-refractivity contribution in [1.82, 2.24) is 3.53 Å². The van der Waals surface area contributed by atoms with Gasteiger partial charge in [-0.05, 0) is 0 Å². The summed E-state index contributed by atoms with van der Waals surface area (Å²) in [6.45, 7) is 1.38. The molecule has 0 bridgehead atoms. The van der Waals surface area contributed by atoms with Gasteiger partial charge in [0, 0.05) is 0 Å². The zero-order chi connectivity index (χ0) is 17.3. The normalized spacial score (nSPS) is 19.0. The molecule has 1 heterocycles. The van der Waals surface area contributed by atoms with Crippen LogP contribution in [0.2, 0.25) is 0 Å². The van der Waals surface area contributed by atoms with E-state index in [0.717, 1.165) is 10.8 Å². The summed E-state index contributed by atoms with van der Waals surface area (Å²) in [6.07, 6.45) is 0. The second-order valence-electron chi connectivity index (χ2n) is 5.40. The Balaban J connectivity index is 1.58. The van der Waals surface area contributed by atoms with Crippen LogP contribution in [0, 0.1) is 0 Å². The first-order valence-electron chi connectivity index (χ1n) is 7.04. The molecule has 128 valence electrons. The van der Waals surface area contributed by atoms with Crippen LogP contribution in [0.1, 0.15) is 6.92 Å². The first-order chi connectivity index (χ1) is 11.4. The zero-order valence-corrected chi connectivity index (χ0v) is 16.9. The summed E-state index contributed by atoms with van der Waals surface area (Å²) in [5, 5.41) is 11.1. The standard InChI is InChI=1S/C16H14I2NO5/c1-16(17,14-18-19-14)15(22)23-8-13(21)24-12-5-3-9-6-11(20)4-2-10(9)7-12/h2-7,14,19-20H,8H2,1H3/q-1. The Bertz CT molecular complexity index is 804. The first kappa shape index (κ1) is 17.7. The number of alkyl halides is 2. The maximum absolute atomic E-state index is 12.0. The van der Waals surface area contributed by atoms with Crippen LogP contribution < -0.4 is 29.7 Å². The van der Waals surface area contributed by atoms with Gasteiger partial charge < -0.3 is 5.11 Å². The second kappa shape index (κ2) is 7.00. The molecule has 0 spiro atoms. The molecule has 3 rings (SSSR count). The van der Waals surface area contributed by atoms with Gasteiger partial charge in [-0.15, -0.1) is 0 Å². The van der Waals surface area contributed by atoms with Crippen molar-refractivity contribution in [1.29, 1.82) is 0 Å². The number of carbonyl (C=O) groups excluding carboxylic acids is 2. The van der Waals surface area contributed by atoms with E-state index in [0.29, 0.717) is 5.75 Å². The topological polar surface area (TPSA) is 94.8 Å². The summed E-state index contributed by atoms with van der Waals surface area (Å²) >= 11 is 1.93. The van der Waals surface area contributed by atoms with E-state index < -0.39 is 22.0 Å². The summed E-state index contributed by atoms with van der Waals surface area (Å²) in [5.41, 5.74) is 0. The Morgan fingerprint density at radius 3 is 2.67 bits per heavy atom. The average Bonchev–Trinajstić information content (AvgIpc) is 3.38. The minimum atomic E-state index is -0.643. The molecule has 1 fully saturated rings. The van der Waals surface area contributed by atoms with Gasteiger partial charge in [0.1, 0.15) is 5.75 Å². The van der Waals surface area contributed by atoms with Crippen molar-refractivity contribution in [2.24, 2.45) is 0 Å². The van der Waals surface area contributed by atoms with E-state index in [-0.39, 0.29) is 31.3 Å². The number of phenols is 1. The molecule has 0 aromatic heterocycles. The predicted molar refractivity (Wildman–Crippen MR) is 91.6 cm³/mol. The molecular weight excluding hydrogens is 540 g/mol. The molecule has 0 saturated carbocycles. The van der Waals surface area contributed by atoms with Gasteiger partial charge in [0.2, 0.25) is 0 Å². The number of esters is 2. The molecule has 0 amide bonds. The Morgan fingerprint density at radius 2 is 1.96 bits per heavy atom. The van der Waals surface area contributed by atoms with Gasteiger partial charge in [-0.1, -0.05) is 0 Å². The third-order valence-corrected chi connectivity index (χ3v) is 8.19. The van der Waals surface area contributed by atoms with Crippen molar-refractivity contribution in [3.05, 3.63) is 36.4 Å². The molecule has 24 heavy (non-hydrogen) atoms. The molecule has 1 aliphatic rings. The van der Waals surface area contributed by atoms with Gasteiger partial charge in [0.25, 0.3) is 0 Å². The fourth-order valence-corrected chi connectivity index (χ4v) is 5.38. The Kier molecular flexibility index (Phi) is 5.16. The number of nitrogens with one attached hydrogen (secondary N) is 1. The number of phenolic OH excluding ortho intramolecular Hbond substituents is 1. The predicted octanol–water partition coefficient (Wildman–Crippen LogP) is -0.879. The van der Waals surface area contributed by atoms with Crippen LogP contribution in [0.5, 0.6) is 11.5 Å². The summed E-state index contributed by atoms with van der Waals surface area (Å²) in [4.78, 5) is 23.9. The average molecular weight is 554 g/mol. The fraction of sp³-hybridized carbons (Fsp3) is 0.250. The minimum absolute atomic E-state index is 0.129. The summed E-state index contributed by atoms with van der Waals surface area (Å²) in [6, 6.07) is 9.98. The molecule has 6 nitrogen and oxygen atoms in total. The van der Waals surface area contributed by atoms with Crippen LogP contribution in [0.4, 0.5) is 0 Å². The molecular formula is C16H14I2NO5-. The molecule has 8 heteroatoms. The maximum atomic E-state index is 12.0. The number of hydrogen-bond donors (Lipinski definition) is 2. The van der Waals surface area contributed by atoms with E-state index in [1.165, 1.54) is 0 Å². The molecule has 2 atom stereocenters. The molecule has 2 aromatic rings. The summed E-state index contributed by atoms with van der Waals surface area (Å²) in [5.74, 6) is -0.509. The van der Waals surface area contributed by atoms with Crippen LogP contribution in [-0.2, 0) is 14.3 Å². The fourth-order valence-electron chi connectivity index (χ4n) is 2.04. The van der Waals surface area contributed by atoms with E-state index >= 15 is 0 Å². The molecule has 2 N–H and O–H groups in total. The van der Waals surface area contributed by atoms with Crippen LogP contribution in [0.15, 0.2) is 36.4 Å². The second-order valence-corrected chi connectivity index (χ2v) is 10.1. The molecule has 0 radical (unpaired) electrons. The quantitative estimate of drug-likeness (QED) is 0.0950. The monoisotopic (exact) mass is 554 g/mol. The molecule has 2 aromatic carbocycles.